The van der Waals surface area contributed by atoms with E-state index in [0.29, 0.717) is 19.3 Å². The summed E-state index contributed by atoms with van der Waals surface area (Å²) in [6.07, 6.45) is 53.8. The van der Waals surface area contributed by atoms with E-state index >= 15 is 0 Å². The number of esters is 3. The van der Waals surface area contributed by atoms with Crippen LogP contribution in [0.15, 0.2) is 0 Å². The second-order valence-corrected chi connectivity index (χ2v) is 20.9. The van der Waals surface area contributed by atoms with Gasteiger partial charge < -0.3 is 14.2 Å². The largest absolute Gasteiger partial charge is 0.462 e. The zero-order valence-electron chi connectivity index (χ0n) is 43.9. The van der Waals surface area contributed by atoms with Gasteiger partial charge in [-0.2, -0.15) is 0 Å². The standard InChI is InChI=1S/C58H112O6/c1-6-7-8-9-10-11-21-28-33-38-43-48-56(59)62-51-55(52-63-57(60)49-44-39-34-29-25-20-23-27-32-37-42-47-54(4)5)64-58(61)50-45-40-35-30-24-19-17-15-13-12-14-16-18-22-26-31-36-41-46-53(2)3/h53-55H,6-52H2,1-5H3/t55-/m0/s1. The Morgan fingerprint density at radius 3 is 0.766 bits per heavy atom. The maximum atomic E-state index is 12.8. The van der Waals surface area contributed by atoms with Crippen LogP contribution < -0.4 is 0 Å². The van der Waals surface area contributed by atoms with Gasteiger partial charge in [0.1, 0.15) is 13.2 Å². The molecule has 0 aromatic heterocycles. The van der Waals surface area contributed by atoms with Crippen molar-refractivity contribution in [3.63, 3.8) is 0 Å². The maximum absolute atomic E-state index is 12.8. The summed E-state index contributed by atoms with van der Waals surface area (Å²) >= 11 is 0. The molecular formula is C58H112O6. The van der Waals surface area contributed by atoms with Crippen molar-refractivity contribution in [2.75, 3.05) is 13.2 Å². The van der Waals surface area contributed by atoms with Crippen LogP contribution in [0, 0.1) is 11.8 Å². The number of unbranched alkanes of at least 4 members (excludes halogenated alkanes) is 37. The van der Waals surface area contributed by atoms with Crippen LogP contribution >= 0.6 is 0 Å². The quantitative estimate of drug-likeness (QED) is 0.0344. The fourth-order valence-corrected chi connectivity index (χ4v) is 8.87. The van der Waals surface area contributed by atoms with Gasteiger partial charge >= 0.3 is 17.9 Å². The third kappa shape index (κ3) is 51.4. The first kappa shape index (κ1) is 62.4. The lowest BCUT2D eigenvalue weighted by Crippen LogP contribution is -2.30. The number of hydrogen-bond acceptors (Lipinski definition) is 6. The van der Waals surface area contributed by atoms with Gasteiger partial charge in [0, 0.05) is 19.3 Å². The minimum Gasteiger partial charge on any atom is -0.462 e. The van der Waals surface area contributed by atoms with Gasteiger partial charge in [-0.15, -0.1) is 0 Å². The lowest BCUT2D eigenvalue weighted by molar-refractivity contribution is -0.167. The van der Waals surface area contributed by atoms with Crippen LogP contribution in [0.5, 0.6) is 0 Å². The molecule has 0 aromatic rings. The monoisotopic (exact) mass is 905 g/mol. The van der Waals surface area contributed by atoms with E-state index in [2.05, 4.69) is 34.6 Å². The van der Waals surface area contributed by atoms with Gasteiger partial charge in [-0.05, 0) is 31.1 Å². The smallest absolute Gasteiger partial charge is 0.306 e. The van der Waals surface area contributed by atoms with Crippen molar-refractivity contribution in [3.05, 3.63) is 0 Å². The average Bonchev–Trinajstić information content (AvgIpc) is 3.27. The molecule has 0 aliphatic rings. The van der Waals surface area contributed by atoms with Crippen LogP contribution in [0.2, 0.25) is 0 Å². The molecule has 0 fully saturated rings. The Bertz CT molecular complexity index is 978. The van der Waals surface area contributed by atoms with Crippen molar-refractivity contribution in [1.82, 2.24) is 0 Å². The highest BCUT2D eigenvalue weighted by molar-refractivity contribution is 5.71. The minimum atomic E-state index is -0.762. The van der Waals surface area contributed by atoms with Crippen molar-refractivity contribution < 1.29 is 28.6 Å². The molecule has 0 unspecified atom stereocenters. The summed E-state index contributed by atoms with van der Waals surface area (Å²) in [6.45, 7) is 11.4. The molecule has 0 saturated heterocycles. The molecule has 6 nitrogen and oxygen atoms in total. The first-order chi connectivity index (χ1) is 31.2. The molecule has 0 spiro atoms. The fraction of sp³-hybridized carbons (Fsp3) is 0.948. The van der Waals surface area contributed by atoms with Gasteiger partial charge in [-0.3, -0.25) is 14.4 Å². The first-order valence-electron chi connectivity index (χ1n) is 28.7. The number of carbonyl (C=O) groups is 3. The predicted octanol–water partition coefficient (Wildman–Crippen LogP) is 18.9. The molecule has 0 N–H and O–H groups in total. The lowest BCUT2D eigenvalue weighted by Gasteiger charge is -2.18. The van der Waals surface area contributed by atoms with Gasteiger partial charge in [0.15, 0.2) is 6.10 Å². The zero-order valence-corrected chi connectivity index (χ0v) is 43.9. The summed E-state index contributed by atoms with van der Waals surface area (Å²) in [4.78, 5) is 38.1. The highest BCUT2D eigenvalue weighted by Crippen LogP contribution is 2.18. The Morgan fingerprint density at radius 1 is 0.297 bits per heavy atom. The van der Waals surface area contributed by atoms with Crippen LogP contribution in [0.4, 0.5) is 0 Å². The Hall–Kier alpha value is -1.59. The SMILES string of the molecule is CCCCCCCCCCCCCC(=O)OC[C@@H](COC(=O)CCCCCCCCCCCCCC(C)C)OC(=O)CCCCCCCCCCCCCCCCCCCCC(C)C. The summed E-state index contributed by atoms with van der Waals surface area (Å²) in [6, 6.07) is 0. The molecule has 0 aliphatic carbocycles. The number of carbonyl (C=O) groups excluding carboxylic acids is 3. The van der Waals surface area contributed by atoms with Gasteiger partial charge in [0.2, 0.25) is 0 Å². The Morgan fingerprint density at radius 2 is 0.516 bits per heavy atom. The van der Waals surface area contributed by atoms with Crippen molar-refractivity contribution in [3.8, 4) is 0 Å². The third-order valence-electron chi connectivity index (χ3n) is 13.2. The number of hydrogen-bond donors (Lipinski definition) is 0. The minimum absolute atomic E-state index is 0.0629. The van der Waals surface area contributed by atoms with Crippen molar-refractivity contribution in [2.45, 2.75) is 330 Å². The molecule has 0 radical (unpaired) electrons. The summed E-state index contributed by atoms with van der Waals surface area (Å²) in [7, 11) is 0. The van der Waals surface area contributed by atoms with Gasteiger partial charge in [0.05, 0.1) is 0 Å². The molecule has 0 bridgehead atoms. The maximum Gasteiger partial charge on any atom is 0.306 e. The molecule has 0 heterocycles. The Balaban J connectivity index is 4.24. The molecule has 64 heavy (non-hydrogen) atoms. The highest BCUT2D eigenvalue weighted by atomic mass is 16.6. The Labute approximate surface area is 399 Å². The van der Waals surface area contributed by atoms with E-state index in [4.69, 9.17) is 14.2 Å². The molecule has 0 rings (SSSR count). The molecule has 6 heteroatoms. The van der Waals surface area contributed by atoms with E-state index in [1.807, 2.05) is 0 Å². The lowest BCUT2D eigenvalue weighted by atomic mass is 10.0. The first-order valence-corrected chi connectivity index (χ1v) is 28.7. The third-order valence-corrected chi connectivity index (χ3v) is 13.2. The van der Waals surface area contributed by atoms with E-state index in [1.54, 1.807) is 0 Å². The molecule has 0 saturated carbocycles. The van der Waals surface area contributed by atoms with E-state index < -0.39 is 6.10 Å². The van der Waals surface area contributed by atoms with Crippen LogP contribution in [-0.4, -0.2) is 37.2 Å². The molecule has 1 atom stereocenters. The van der Waals surface area contributed by atoms with Crippen molar-refractivity contribution in [2.24, 2.45) is 11.8 Å². The topological polar surface area (TPSA) is 78.9 Å². The average molecular weight is 906 g/mol. The summed E-state index contributed by atoms with van der Waals surface area (Å²) in [5.74, 6) is 0.844. The summed E-state index contributed by atoms with van der Waals surface area (Å²) in [5, 5.41) is 0. The molecule has 0 aliphatic heterocycles. The van der Waals surface area contributed by atoms with Gasteiger partial charge in [-0.1, -0.05) is 285 Å². The molecule has 0 aromatic carbocycles. The van der Waals surface area contributed by atoms with E-state index in [0.717, 1.165) is 69.6 Å². The number of rotatable bonds is 52. The summed E-state index contributed by atoms with van der Waals surface area (Å²) < 4.78 is 16.9. The second kappa shape index (κ2) is 50.8. The number of ether oxygens (including phenoxy) is 3. The predicted molar refractivity (Wildman–Crippen MR) is 275 cm³/mol. The van der Waals surface area contributed by atoms with Gasteiger partial charge in [-0.25, -0.2) is 0 Å². The van der Waals surface area contributed by atoms with Crippen molar-refractivity contribution in [1.29, 1.82) is 0 Å². The molecule has 380 valence electrons. The van der Waals surface area contributed by atoms with Crippen LogP contribution in [0.25, 0.3) is 0 Å². The zero-order chi connectivity index (χ0) is 46.8. The van der Waals surface area contributed by atoms with E-state index in [1.165, 1.54) is 212 Å². The molecule has 0 amide bonds. The van der Waals surface area contributed by atoms with Crippen LogP contribution in [-0.2, 0) is 28.6 Å². The van der Waals surface area contributed by atoms with Crippen molar-refractivity contribution >= 4 is 17.9 Å². The van der Waals surface area contributed by atoms with Crippen LogP contribution in [0.3, 0.4) is 0 Å². The van der Waals surface area contributed by atoms with Crippen LogP contribution in [0.1, 0.15) is 324 Å². The summed E-state index contributed by atoms with van der Waals surface area (Å²) in [5.41, 5.74) is 0. The molecular weight excluding hydrogens is 793 g/mol. The highest BCUT2D eigenvalue weighted by Gasteiger charge is 2.19. The van der Waals surface area contributed by atoms with Gasteiger partial charge in [0.25, 0.3) is 0 Å². The normalized spacial score (nSPS) is 12.0. The van der Waals surface area contributed by atoms with E-state index in [9.17, 15) is 14.4 Å². The fourth-order valence-electron chi connectivity index (χ4n) is 8.87. The Kier molecular flexibility index (Phi) is 49.6. The van der Waals surface area contributed by atoms with E-state index in [-0.39, 0.29) is 31.1 Å². The second-order valence-electron chi connectivity index (χ2n) is 20.9.